The Labute approximate surface area is 488 Å². The Kier molecular flexibility index (Phi) is 13.9. The zero-order chi connectivity index (χ0) is 56.0. The molecule has 12 aromatic carbocycles. The molecule has 0 bridgehead atoms. The second kappa shape index (κ2) is 23.0. The lowest BCUT2D eigenvalue weighted by Crippen LogP contribution is -2.00. The van der Waals surface area contributed by atoms with Crippen molar-refractivity contribution in [2.24, 2.45) is 0 Å². The molecule has 0 amide bonds. The largest absolute Gasteiger partial charge is 0.208 e. The monoisotopic (exact) mass is 1070 g/mol. The van der Waals surface area contributed by atoms with Gasteiger partial charge in [0.05, 0.1) is 0 Å². The summed E-state index contributed by atoms with van der Waals surface area (Å²) in [4.78, 5) is 31.0. The average molecular weight is 1070 g/mol. The van der Waals surface area contributed by atoms with E-state index in [1.807, 2.05) is 24.3 Å². The summed E-state index contributed by atoms with van der Waals surface area (Å²) in [6.45, 7) is 0. The van der Waals surface area contributed by atoms with Gasteiger partial charge in [-0.1, -0.05) is 279 Å². The molecule has 84 heavy (non-hydrogen) atoms. The van der Waals surface area contributed by atoms with Gasteiger partial charge in [-0.15, -0.1) is 0 Å². The highest BCUT2D eigenvalue weighted by Gasteiger charge is 2.17. The minimum Gasteiger partial charge on any atom is -0.208 e. The molecule has 0 unspecified atom stereocenters. The standard InChI is InChI=1S/C78H52N6/c1-5-19-53(20-6-1)57-39-43-59(44-40-57)73-79-75(69-35-15-27-61(49-69)55-23-9-3-10-24-55)83-77(81-73)71-37-17-33-67(51-71)65-31-13-29-63(47-65)64-30-14-32-66(48-64)68-34-18-38-72(52-68)78-82-74(60-45-41-58(42-46-60)54-21-7-2-8-22-54)80-76(84-78)70-36-16-28-62(50-70)56-25-11-4-12-26-56/h1-52H. The van der Waals surface area contributed by atoms with Crippen LogP contribution in [0.5, 0.6) is 0 Å². The highest BCUT2D eigenvalue weighted by atomic mass is 15.0. The Morgan fingerprint density at radius 1 is 0.107 bits per heavy atom. The molecule has 0 saturated heterocycles. The van der Waals surface area contributed by atoms with Crippen LogP contribution >= 0.6 is 0 Å². The highest BCUT2D eigenvalue weighted by Crippen LogP contribution is 2.36. The summed E-state index contributed by atoms with van der Waals surface area (Å²) in [7, 11) is 0. The summed E-state index contributed by atoms with van der Waals surface area (Å²) in [6, 6.07) is 110. The fourth-order valence-corrected chi connectivity index (χ4v) is 10.8. The van der Waals surface area contributed by atoms with Crippen LogP contribution < -0.4 is 0 Å². The number of hydrogen-bond donors (Lipinski definition) is 0. The van der Waals surface area contributed by atoms with Crippen LogP contribution in [0.3, 0.4) is 0 Å². The maximum absolute atomic E-state index is 5.19. The van der Waals surface area contributed by atoms with Crippen molar-refractivity contribution in [2.75, 3.05) is 0 Å². The third-order valence-corrected chi connectivity index (χ3v) is 15.2. The molecule has 6 heteroatoms. The normalized spacial score (nSPS) is 11.1. The molecule has 6 nitrogen and oxygen atoms in total. The van der Waals surface area contributed by atoms with Crippen molar-refractivity contribution in [3.63, 3.8) is 0 Å². The van der Waals surface area contributed by atoms with E-state index in [9.17, 15) is 0 Å². The van der Waals surface area contributed by atoms with Gasteiger partial charge in [-0.05, 0) is 114 Å². The van der Waals surface area contributed by atoms with E-state index in [1.165, 1.54) is 0 Å². The Morgan fingerprint density at radius 2 is 0.250 bits per heavy atom. The van der Waals surface area contributed by atoms with Gasteiger partial charge in [0.1, 0.15) is 0 Å². The van der Waals surface area contributed by atoms with Crippen LogP contribution in [-0.2, 0) is 0 Å². The first-order valence-electron chi connectivity index (χ1n) is 28.1. The fraction of sp³-hybridized carbons (Fsp3) is 0. The fourth-order valence-electron chi connectivity index (χ4n) is 10.8. The summed E-state index contributed by atoms with van der Waals surface area (Å²) in [5.41, 5.74) is 20.9. The van der Waals surface area contributed by atoms with Gasteiger partial charge in [-0.2, -0.15) is 0 Å². The molecule has 0 N–H and O–H groups in total. The van der Waals surface area contributed by atoms with E-state index in [-0.39, 0.29) is 0 Å². The molecule has 0 atom stereocenters. The van der Waals surface area contributed by atoms with Crippen LogP contribution in [0, 0.1) is 0 Å². The third-order valence-electron chi connectivity index (χ3n) is 15.2. The predicted molar refractivity (Wildman–Crippen MR) is 344 cm³/mol. The van der Waals surface area contributed by atoms with Crippen LogP contribution in [0.25, 0.3) is 146 Å². The quantitative estimate of drug-likeness (QED) is 0.114. The van der Waals surface area contributed by atoms with Crippen LogP contribution in [0.4, 0.5) is 0 Å². The third kappa shape index (κ3) is 11.0. The highest BCUT2D eigenvalue weighted by molar-refractivity contribution is 5.82. The smallest absolute Gasteiger partial charge is 0.164 e. The van der Waals surface area contributed by atoms with Gasteiger partial charge in [-0.25, -0.2) is 29.9 Å². The molecule has 0 radical (unpaired) electrons. The lowest BCUT2D eigenvalue weighted by molar-refractivity contribution is 1.07. The Hall–Kier alpha value is -11.3. The molecule has 0 aliphatic rings. The zero-order valence-corrected chi connectivity index (χ0v) is 45.7. The van der Waals surface area contributed by atoms with Gasteiger partial charge < -0.3 is 0 Å². The number of aromatic nitrogens is 6. The lowest BCUT2D eigenvalue weighted by atomic mass is 9.95. The Balaban J connectivity index is 0.785. The van der Waals surface area contributed by atoms with Gasteiger partial charge in [0.15, 0.2) is 34.9 Å². The molecule has 0 saturated carbocycles. The molecule has 0 aliphatic carbocycles. The molecule has 2 heterocycles. The van der Waals surface area contributed by atoms with E-state index in [1.54, 1.807) is 0 Å². The maximum Gasteiger partial charge on any atom is 0.164 e. The van der Waals surface area contributed by atoms with Crippen molar-refractivity contribution in [3.8, 4) is 146 Å². The van der Waals surface area contributed by atoms with Gasteiger partial charge in [0.25, 0.3) is 0 Å². The van der Waals surface area contributed by atoms with E-state index in [4.69, 9.17) is 29.9 Å². The van der Waals surface area contributed by atoms with Gasteiger partial charge >= 0.3 is 0 Å². The van der Waals surface area contributed by atoms with Crippen LogP contribution in [0.15, 0.2) is 315 Å². The summed E-state index contributed by atoms with van der Waals surface area (Å²) >= 11 is 0. The summed E-state index contributed by atoms with van der Waals surface area (Å²) in [5, 5.41) is 0. The molecule has 14 aromatic rings. The number of hydrogen-bond acceptors (Lipinski definition) is 6. The number of benzene rings is 12. The lowest BCUT2D eigenvalue weighted by Gasteiger charge is -2.12. The topological polar surface area (TPSA) is 77.3 Å². The predicted octanol–water partition coefficient (Wildman–Crippen LogP) is 19.7. The molecule has 2 aromatic heterocycles. The summed E-state index contributed by atoms with van der Waals surface area (Å²) in [5.74, 6) is 3.62. The number of rotatable bonds is 13. The first-order valence-corrected chi connectivity index (χ1v) is 28.1. The van der Waals surface area contributed by atoms with Crippen LogP contribution in [0.1, 0.15) is 0 Å². The Morgan fingerprint density at radius 3 is 0.488 bits per heavy atom. The van der Waals surface area contributed by atoms with E-state index >= 15 is 0 Å². The molecule has 0 aliphatic heterocycles. The van der Waals surface area contributed by atoms with E-state index < -0.39 is 0 Å². The van der Waals surface area contributed by atoms with Crippen molar-refractivity contribution in [1.29, 1.82) is 0 Å². The van der Waals surface area contributed by atoms with Gasteiger partial charge in [-0.3, -0.25) is 0 Å². The number of nitrogens with zero attached hydrogens (tertiary/aromatic N) is 6. The second-order valence-electron chi connectivity index (χ2n) is 20.7. The van der Waals surface area contributed by atoms with E-state index in [2.05, 4.69) is 291 Å². The van der Waals surface area contributed by atoms with Crippen molar-refractivity contribution < 1.29 is 0 Å². The van der Waals surface area contributed by atoms with Crippen molar-refractivity contribution in [2.45, 2.75) is 0 Å². The minimum absolute atomic E-state index is 0.597. The second-order valence-corrected chi connectivity index (χ2v) is 20.7. The van der Waals surface area contributed by atoms with Crippen molar-refractivity contribution in [1.82, 2.24) is 29.9 Å². The van der Waals surface area contributed by atoms with Crippen LogP contribution in [-0.4, -0.2) is 29.9 Å². The summed E-state index contributed by atoms with van der Waals surface area (Å²) < 4.78 is 0. The molecular formula is C78H52N6. The molecule has 0 spiro atoms. The maximum atomic E-state index is 5.19. The van der Waals surface area contributed by atoms with E-state index in [0.29, 0.717) is 34.9 Å². The molecular weight excluding hydrogens is 1020 g/mol. The average Bonchev–Trinajstić information content (AvgIpc) is 3.34. The van der Waals surface area contributed by atoms with Gasteiger partial charge in [0, 0.05) is 33.4 Å². The minimum atomic E-state index is 0.597. The SMILES string of the molecule is c1ccc(-c2ccc(-c3nc(-c4cccc(-c5ccccc5)c4)nc(-c4cccc(-c5cccc(-c6cccc(-c7cccc(-c8nc(-c9ccc(-c%10ccccc%10)cc9)nc(-c9cccc(-c%10ccccc%10)c9)n8)c7)c6)c5)c4)n3)cc2)cc1. The Bertz CT molecular complexity index is 4330. The molecule has 0 fully saturated rings. The molecule has 394 valence electrons. The van der Waals surface area contributed by atoms with E-state index in [0.717, 1.165) is 111 Å². The van der Waals surface area contributed by atoms with Gasteiger partial charge in [0.2, 0.25) is 0 Å². The first-order chi connectivity index (χ1) is 41.6. The summed E-state index contributed by atoms with van der Waals surface area (Å²) in [6.07, 6.45) is 0. The first kappa shape index (κ1) is 50.9. The van der Waals surface area contributed by atoms with Crippen molar-refractivity contribution in [3.05, 3.63) is 315 Å². The van der Waals surface area contributed by atoms with Crippen molar-refractivity contribution >= 4 is 0 Å². The zero-order valence-electron chi connectivity index (χ0n) is 45.7. The van der Waals surface area contributed by atoms with Crippen LogP contribution in [0.2, 0.25) is 0 Å². The molecule has 14 rings (SSSR count).